The number of thioether (sulfide) groups is 1. The topological polar surface area (TPSA) is 59.8 Å². The van der Waals surface area contributed by atoms with E-state index in [4.69, 9.17) is 0 Å². The first-order chi connectivity index (χ1) is 14.2. The molecule has 152 valence electrons. The molecule has 0 spiro atoms. The third-order valence-electron chi connectivity index (χ3n) is 5.07. The first kappa shape index (κ1) is 20.2. The van der Waals surface area contributed by atoms with Gasteiger partial charge in [0.2, 0.25) is 5.91 Å². The molecule has 0 radical (unpaired) electrons. The van der Waals surface area contributed by atoms with E-state index in [0.717, 1.165) is 47.1 Å². The summed E-state index contributed by atoms with van der Waals surface area (Å²) in [6, 6.07) is 14.8. The largest absolute Gasteiger partial charge is 0.348 e. The number of benzene rings is 1. The Hall–Kier alpha value is -2.12. The highest BCUT2D eigenvalue weighted by Gasteiger charge is 2.32. The second-order valence-corrected chi connectivity index (χ2v) is 9.66. The molecule has 0 bridgehead atoms. The van der Waals surface area contributed by atoms with Crippen LogP contribution in [0.5, 0.6) is 0 Å². The quantitative estimate of drug-likeness (QED) is 0.460. The normalized spacial score (nSPS) is 15.8. The molecule has 1 saturated carbocycles. The number of carbonyl (C=O) groups excluding carboxylic acids is 1. The van der Waals surface area contributed by atoms with Crippen molar-refractivity contribution in [1.29, 1.82) is 0 Å². The minimum absolute atomic E-state index is 0.0414. The van der Waals surface area contributed by atoms with Gasteiger partial charge in [0.05, 0.1) is 16.2 Å². The molecule has 3 aromatic rings. The van der Waals surface area contributed by atoms with Gasteiger partial charge in [-0.05, 0) is 43.2 Å². The molecule has 4 rings (SSSR count). The summed E-state index contributed by atoms with van der Waals surface area (Å²) in [5, 5.41) is 14.8. The first-order valence-electron chi connectivity index (χ1n) is 10.2. The summed E-state index contributed by atoms with van der Waals surface area (Å²) in [6.07, 6.45) is 4.24. The van der Waals surface area contributed by atoms with Crippen LogP contribution < -0.4 is 5.32 Å². The van der Waals surface area contributed by atoms with Gasteiger partial charge in [-0.2, -0.15) is 0 Å². The fourth-order valence-electron chi connectivity index (χ4n) is 3.39. The average molecular weight is 427 g/mol. The third-order valence-corrected chi connectivity index (χ3v) is 6.99. The molecule has 1 fully saturated rings. The number of nitrogens with zero attached hydrogens (tertiary/aromatic N) is 3. The highest BCUT2D eigenvalue weighted by Crippen LogP contribution is 2.42. The molecule has 0 saturated heterocycles. The molecule has 1 aliphatic rings. The van der Waals surface area contributed by atoms with E-state index < -0.39 is 0 Å². The lowest BCUT2D eigenvalue weighted by Gasteiger charge is -2.21. The van der Waals surface area contributed by atoms with E-state index in [0.29, 0.717) is 6.04 Å². The van der Waals surface area contributed by atoms with Crippen LogP contribution in [0, 0.1) is 0 Å². The summed E-state index contributed by atoms with van der Waals surface area (Å²) in [5.74, 6) is 0.964. The van der Waals surface area contributed by atoms with Crippen molar-refractivity contribution < 1.29 is 4.79 Å². The fourth-order valence-corrected chi connectivity index (χ4v) is 5.02. The van der Waals surface area contributed by atoms with E-state index in [1.54, 1.807) is 11.3 Å². The number of rotatable bonds is 9. The average Bonchev–Trinajstić information content (AvgIpc) is 3.25. The Morgan fingerprint density at radius 3 is 2.69 bits per heavy atom. The number of thiophene rings is 1. The zero-order chi connectivity index (χ0) is 20.2. The van der Waals surface area contributed by atoms with Crippen molar-refractivity contribution >= 4 is 29.0 Å². The van der Waals surface area contributed by atoms with Crippen LogP contribution in [0.25, 0.3) is 10.7 Å². The van der Waals surface area contributed by atoms with E-state index in [1.807, 2.05) is 31.2 Å². The van der Waals surface area contributed by atoms with Crippen molar-refractivity contribution in [1.82, 2.24) is 20.1 Å². The second-order valence-electron chi connectivity index (χ2n) is 7.41. The number of amides is 1. The van der Waals surface area contributed by atoms with Gasteiger partial charge in [-0.25, -0.2) is 0 Å². The standard InChI is InChI=1S/C22H26N4OS2/c1-3-8-18(16-9-5-4-6-10-16)23-21(27)15(2)29-22-25-24-20(19-11-7-14-28-19)26(22)17-12-13-17/h4-7,9-11,14-15,17-18H,3,8,12-13H2,1-2H3,(H,23,27)/t15-,18+/m0/s1. The van der Waals surface area contributed by atoms with Crippen molar-refractivity contribution in [3.8, 4) is 10.7 Å². The number of aromatic nitrogens is 3. The van der Waals surface area contributed by atoms with Crippen LogP contribution in [0.3, 0.4) is 0 Å². The van der Waals surface area contributed by atoms with E-state index >= 15 is 0 Å². The molecule has 1 aliphatic carbocycles. The van der Waals surface area contributed by atoms with Crippen LogP contribution in [0.15, 0.2) is 53.0 Å². The van der Waals surface area contributed by atoms with Crippen LogP contribution in [-0.4, -0.2) is 25.9 Å². The predicted molar refractivity (Wildman–Crippen MR) is 119 cm³/mol. The molecule has 0 aliphatic heterocycles. The van der Waals surface area contributed by atoms with Crippen molar-refractivity contribution in [3.63, 3.8) is 0 Å². The number of carbonyl (C=O) groups is 1. The fraction of sp³-hybridized carbons (Fsp3) is 0.409. The van der Waals surface area contributed by atoms with Crippen LogP contribution in [-0.2, 0) is 4.79 Å². The highest BCUT2D eigenvalue weighted by molar-refractivity contribution is 8.00. The minimum Gasteiger partial charge on any atom is -0.348 e. The molecular weight excluding hydrogens is 400 g/mol. The Morgan fingerprint density at radius 1 is 1.24 bits per heavy atom. The molecule has 7 heteroatoms. The Balaban J connectivity index is 1.47. The van der Waals surface area contributed by atoms with Gasteiger partial charge in [-0.1, -0.05) is 61.5 Å². The summed E-state index contributed by atoms with van der Waals surface area (Å²) in [6.45, 7) is 4.09. The molecule has 5 nitrogen and oxygen atoms in total. The zero-order valence-electron chi connectivity index (χ0n) is 16.7. The Kier molecular flexibility index (Phi) is 6.35. The Bertz CT molecular complexity index is 935. The van der Waals surface area contributed by atoms with Gasteiger partial charge in [0.1, 0.15) is 0 Å². The number of hydrogen-bond donors (Lipinski definition) is 1. The lowest BCUT2D eigenvalue weighted by atomic mass is 10.0. The van der Waals surface area contributed by atoms with Crippen molar-refractivity contribution in [2.75, 3.05) is 0 Å². The molecule has 0 unspecified atom stereocenters. The second kappa shape index (κ2) is 9.13. The zero-order valence-corrected chi connectivity index (χ0v) is 18.4. The van der Waals surface area contributed by atoms with E-state index in [1.165, 1.54) is 11.8 Å². The van der Waals surface area contributed by atoms with Gasteiger partial charge in [-0.15, -0.1) is 21.5 Å². The lowest BCUT2D eigenvalue weighted by Crippen LogP contribution is -2.34. The van der Waals surface area contributed by atoms with Crippen LogP contribution in [0.2, 0.25) is 0 Å². The van der Waals surface area contributed by atoms with Crippen LogP contribution in [0.4, 0.5) is 0 Å². The van der Waals surface area contributed by atoms with E-state index in [2.05, 4.69) is 50.6 Å². The molecule has 29 heavy (non-hydrogen) atoms. The molecule has 2 aromatic heterocycles. The Labute approximate surface area is 179 Å². The summed E-state index contributed by atoms with van der Waals surface area (Å²) in [5.41, 5.74) is 1.15. The highest BCUT2D eigenvalue weighted by atomic mass is 32.2. The first-order valence-corrected chi connectivity index (χ1v) is 11.9. The maximum absolute atomic E-state index is 13.0. The van der Waals surface area contributed by atoms with Gasteiger partial charge in [0.15, 0.2) is 11.0 Å². The Morgan fingerprint density at radius 2 is 2.03 bits per heavy atom. The summed E-state index contributed by atoms with van der Waals surface area (Å²) in [4.78, 5) is 14.1. The van der Waals surface area contributed by atoms with Crippen molar-refractivity contribution in [3.05, 3.63) is 53.4 Å². The molecular formula is C22H26N4OS2. The maximum atomic E-state index is 13.0. The van der Waals surface area contributed by atoms with Crippen molar-refractivity contribution in [2.45, 2.75) is 62.0 Å². The summed E-state index contributed by atoms with van der Waals surface area (Å²) in [7, 11) is 0. The molecule has 2 atom stereocenters. The maximum Gasteiger partial charge on any atom is 0.233 e. The van der Waals surface area contributed by atoms with Gasteiger partial charge in [0.25, 0.3) is 0 Å². The molecule has 1 N–H and O–H groups in total. The predicted octanol–water partition coefficient (Wildman–Crippen LogP) is 5.48. The van der Waals surface area contributed by atoms with Crippen LogP contribution in [0.1, 0.15) is 57.2 Å². The third kappa shape index (κ3) is 4.73. The van der Waals surface area contributed by atoms with Crippen molar-refractivity contribution in [2.24, 2.45) is 0 Å². The lowest BCUT2D eigenvalue weighted by molar-refractivity contribution is -0.121. The van der Waals surface area contributed by atoms with E-state index in [-0.39, 0.29) is 17.2 Å². The summed E-state index contributed by atoms with van der Waals surface area (Å²) < 4.78 is 2.22. The van der Waals surface area contributed by atoms with Gasteiger partial charge in [-0.3, -0.25) is 9.36 Å². The molecule has 1 amide bonds. The SMILES string of the molecule is CCC[C@@H](NC(=O)[C@H](C)Sc1nnc(-c2cccs2)n1C1CC1)c1ccccc1. The smallest absolute Gasteiger partial charge is 0.233 e. The van der Waals surface area contributed by atoms with Crippen LogP contribution >= 0.6 is 23.1 Å². The number of hydrogen-bond acceptors (Lipinski definition) is 5. The molecule has 1 aromatic carbocycles. The number of nitrogens with one attached hydrogen (secondary N) is 1. The monoisotopic (exact) mass is 426 g/mol. The summed E-state index contributed by atoms with van der Waals surface area (Å²) >= 11 is 3.18. The molecule has 2 heterocycles. The van der Waals surface area contributed by atoms with Gasteiger partial charge in [0, 0.05) is 6.04 Å². The van der Waals surface area contributed by atoms with E-state index in [9.17, 15) is 4.79 Å². The van der Waals surface area contributed by atoms with Gasteiger partial charge < -0.3 is 5.32 Å². The minimum atomic E-state index is -0.240. The van der Waals surface area contributed by atoms with Gasteiger partial charge >= 0.3 is 0 Å².